The number of hydrogen-bond acceptors (Lipinski definition) is 4. The molecule has 90 valence electrons. The molecule has 2 aromatic heterocycles. The molecule has 0 saturated heterocycles. The summed E-state index contributed by atoms with van der Waals surface area (Å²) in [6.07, 6.45) is 2.57. The summed E-state index contributed by atoms with van der Waals surface area (Å²) in [4.78, 5) is 4.17. The van der Waals surface area contributed by atoms with E-state index in [9.17, 15) is 0 Å². The van der Waals surface area contributed by atoms with E-state index in [0.717, 1.165) is 22.0 Å². The number of pyridine rings is 1. The van der Waals surface area contributed by atoms with E-state index in [1.807, 2.05) is 17.5 Å². The van der Waals surface area contributed by atoms with E-state index in [-0.39, 0.29) is 6.04 Å². The van der Waals surface area contributed by atoms with Crippen molar-refractivity contribution in [3.8, 4) is 5.88 Å². The van der Waals surface area contributed by atoms with Crippen LogP contribution in [-0.2, 0) is 6.42 Å². The highest BCUT2D eigenvalue weighted by Crippen LogP contribution is 2.28. The summed E-state index contributed by atoms with van der Waals surface area (Å²) < 4.78 is 6.10. The Hall–Kier alpha value is -0.910. The monoisotopic (exact) mass is 312 g/mol. The number of halogens is 1. The number of aromatic nitrogens is 1. The highest BCUT2D eigenvalue weighted by Gasteiger charge is 2.11. The zero-order valence-electron chi connectivity index (χ0n) is 9.39. The highest BCUT2D eigenvalue weighted by atomic mass is 79.9. The Bertz CT molecular complexity index is 484. The molecule has 17 heavy (non-hydrogen) atoms. The second kappa shape index (κ2) is 5.62. The van der Waals surface area contributed by atoms with Gasteiger partial charge in [0.05, 0.1) is 7.11 Å². The molecule has 5 heteroatoms. The molecule has 2 heterocycles. The molecule has 0 aliphatic carbocycles. The molecule has 0 radical (unpaired) electrons. The summed E-state index contributed by atoms with van der Waals surface area (Å²) in [6.45, 7) is 0. The quantitative estimate of drug-likeness (QED) is 0.943. The molecule has 0 fully saturated rings. The third-order valence-electron chi connectivity index (χ3n) is 2.50. The van der Waals surface area contributed by atoms with Crippen LogP contribution in [0, 0.1) is 0 Å². The van der Waals surface area contributed by atoms with Gasteiger partial charge >= 0.3 is 0 Å². The van der Waals surface area contributed by atoms with E-state index in [0.29, 0.717) is 5.88 Å². The molecule has 2 rings (SSSR count). The topological polar surface area (TPSA) is 48.1 Å². The summed E-state index contributed by atoms with van der Waals surface area (Å²) in [7, 11) is 1.61. The maximum absolute atomic E-state index is 6.16. The molecule has 0 aliphatic rings. The number of nitrogens with two attached hydrogens (primary N) is 1. The van der Waals surface area contributed by atoms with Crippen molar-refractivity contribution in [3.05, 3.63) is 44.7 Å². The Balaban J connectivity index is 2.07. The van der Waals surface area contributed by atoms with Gasteiger partial charge in [-0.25, -0.2) is 4.98 Å². The lowest BCUT2D eigenvalue weighted by Crippen LogP contribution is -2.13. The summed E-state index contributed by atoms with van der Waals surface area (Å²) >= 11 is 5.15. The van der Waals surface area contributed by atoms with Gasteiger partial charge in [0.2, 0.25) is 5.88 Å². The Labute approximate surface area is 113 Å². The van der Waals surface area contributed by atoms with Crippen molar-refractivity contribution in [2.24, 2.45) is 5.73 Å². The maximum atomic E-state index is 6.16. The predicted molar refractivity (Wildman–Crippen MR) is 73.4 cm³/mol. The minimum atomic E-state index is -0.00850. The molecular formula is C12H13BrN2OS. The van der Waals surface area contributed by atoms with Crippen LogP contribution in [0.3, 0.4) is 0 Å². The summed E-state index contributed by atoms with van der Waals surface area (Å²) in [5.74, 6) is 0.624. The number of ether oxygens (including phenoxy) is 1. The Kier molecular flexibility index (Phi) is 4.15. The van der Waals surface area contributed by atoms with Crippen LogP contribution >= 0.6 is 27.3 Å². The van der Waals surface area contributed by atoms with Crippen molar-refractivity contribution in [1.29, 1.82) is 0 Å². The zero-order valence-corrected chi connectivity index (χ0v) is 11.8. The van der Waals surface area contributed by atoms with Gasteiger partial charge in [0.15, 0.2) is 0 Å². The second-order valence-electron chi connectivity index (χ2n) is 3.69. The van der Waals surface area contributed by atoms with Crippen molar-refractivity contribution in [1.82, 2.24) is 4.98 Å². The fourth-order valence-electron chi connectivity index (χ4n) is 1.57. The highest BCUT2D eigenvalue weighted by molar-refractivity contribution is 9.10. The van der Waals surface area contributed by atoms with Crippen LogP contribution < -0.4 is 10.5 Å². The number of methoxy groups -OCH3 is 1. The van der Waals surface area contributed by atoms with Crippen LogP contribution in [0.1, 0.15) is 17.2 Å². The molecule has 2 N–H and O–H groups in total. The SMILES string of the molecule is COc1ccc(CC(N)c2cscc2Br)cn1. The maximum Gasteiger partial charge on any atom is 0.212 e. The van der Waals surface area contributed by atoms with Crippen LogP contribution in [0.15, 0.2) is 33.6 Å². The largest absolute Gasteiger partial charge is 0.481 e. The van der Waals surface area contributed by atoms with E-state index in [1.165, 1.54) is 0 Å². The third kappa shape index (κ3) is 3.06. The molecule has 0 aliphatic heterocycles. The minimum absolute atomic E-state index is 0.00850. The van der Waals surface area contributed by atoms with Crippen molar-refractivity contribution < 1.29 is 4.74 Å². The second-order valence-corrected chi connectivity index (χ2v) is 5.29. The lowest BCUT2D eigenvalue weighted by atomic mass is 10.0. The average molecular weight is 313 g/mol. The van der Waals surface area contributed by atoms with E-state index in [2.05, 4.69) is 26.3 Å². The summed E-state index contributed by atoms with van der Waals surface area (Å²) in [6, 6.07) is 3.84. The van der Waals surface area contributed by atoms with Crippen molar-refractivity contribution in [2.75, 3.05) is 7.11 Å². The van der Waals surface area contributed by atoms with Gasteiger partial charge in [-0.15, -0.1) is 0 Å². The normalized spacial score (nSPS) is 12.4. The average Bonchev–Trinajstić information content (AvgIpc) is 2.76. The molecule has 1 unspecified atom stereocenters. The van der Waals surface area contributed by atoms with Crippen LogP contribution in [-0.4, -0.2) is 12.1 Å². The molecule has 0 bridgehead atoms. The molecule has 0 aromatic carbocycles. The van der Waals surface area contributed by atoms with Crippen LogP contribution in [0.2, 0.25) is 0 Å². The fraction of sp³-hybridized carbons (Fsp3) is 0.250. The molecule has 3 nitrogen and oxygen atoms in total. The first-order chi connectivity index (χ1) is 8.20. The number of rotatable bonds is 4. The number of thiophene rings is 1. The van der Waals surface area contributed by atoms with Crippen molar-refractivity contribution in [2.45, 2.75) is 12.5 Å². The first kappa shape index (κ1) is 12.5. The standard InChI is InChI=1S/C12H13BrN2OS/c1-16-12-3-2-8(5-15-12)4-11(14)9-6-17-7-10(9)13/h2-3,5-7,11H,4,14H2,1H3. The lowest BCUT2D eigenvalue weighted by molar-refractivity contribution is 0.397. The number of hydrogen-bond donors (Lipinski definition) is 1. The van der Waals surface area contributed by atoms with Gasteiger partial charge in [-0.3, -0.25) is 0 Å². The molecule has 1 atom stereocenters. The smallest absolute Gasteiger partial charge is 0.212 e. The Morgan fingerprint density at radius 3 is 2.82 bits per heavy atom. The van der Waals surface area contributed by atoms with E-state index < -0.39 is 0 Å². The van der Waals surface area contributed by atoms with Gasteiger partial charge in [0.1, 0.15) is 0 Å². The van der Waals surface area contributed by atoms with Crippen LogP contribution in [0.25, 0.3) is 0 Å². The van der Waals surface area contributed by atoms with Gasteiger partial charge < -0.3 is 10.5 Å². The van der Waals surface area contributed by atoms with Crippen LogP contribution in [0.5, 0.6) is 5.88 Å². The van der Waals surface area contributed by atoms with Gasteiger partial charge in [0, 0.05) is 28.2 Å². The predicted octanol–water partition coefficient (Wildman–Crippen LogP) is 3.16. The zero-order chi connectivity index (χ0) is 12.3. The summed E-state index contributed by atoms with van der Waals surface area (Å²) in [5.41, 5.74) is 8.41. The van der Waals surface area contributed by atoms with Crippen molar-refractivity contribution >= 4 is 27.3 Å². The first-order valence-corrected chi connectivity index (χ1v) is 6.90. The Morgan fingerprint density at radius 1 is 1.47 bits per heavy atom. The van der Waals surface area contributed by atoms with E-state index >= 15 is 0 Å². The van der Waals surface area contributed by atoms with E-state index in [1.54, 1.807) is 24.6 Å². The Morgan fingerprint density at radius 2 is 2.29 bits per heavy atom. The molecule has 0 spiro atoms. The van der Waals surface area contributed by atoms with Crippen molar-refractivity contribution in [3.63, 3.8) is 0 Å². The van der Waals surface area contributed by atoms with E-state index in [4.69, 9.17) is 10.5 Å². The van der Waals surface area contributed by atoms with Gasteiger partial charge in [0.25, 0.3) is 0 Å². The fourth-order valence-corrected chi connectivity index (χ4v) is 3.23. The minimum Gasteiger partial charge on any atom is -0.481 e. The third-order valence-corrected chi connectivity index (χ3v) is 4.26. The molecule has 0 amide bonds. The first-order valence-electron chi connectivity index (χ1n) is 5.17. The number of nitrogens with zero attached hydrogens (tertiary/aromatic N) is 1. The molecule has 0 saturated carbocycles. The van der Waals surface area contributed by atoms with Gasteiger partial charge in [-0.2, -0.15) is 11.3 Å². The lowest BCUT2D eigenvalue weighted by Gasteiger charge is -2.11. The van der Waals surface area contributed by atoms with Crippen LogP contribution in [0.4, 0.5) is 0 Å². The summed E-state index contributed by atoms with van der Waals surface area (Å²) in [5, 5.41) is 4.12. The molecule has 2 aromatic rings. The van der Waals surface area contributed by atoms with Gasteiger partial charge in [-0.1, -0.05) is 6.07 Å². The van der Waals surface area contributed by atoms with Gasteiger partial charge in [-0.05, 0) is 38.9 Å². The molecular weight excluding hydrogens is 300 g/mol.